The molecule has 0 aromatic carbocycles. The number of nitrogens with one attached hydrogen (secondary N) is 13. The standard InChI is InChI=1S/C70H131N19O15/c1-17-40(11)55(75)69(103)88-53(35-54(74)90)68(102)87-52(34-39(9)10)67(101)83-46(25-19-22-28-71)62(96)78-45(16)61(95)86-50(32-37(5)6)65(99)79-42(13)58(92)77-43(14)60(94)85-51(33-38(7)8)66(100)80-44(15)59(93)81-47(26-20-23-29-72)63(97)82-48(27-21-24-30-73)64(98)89-56(41(12)18-2)70(104)84-49(57(76)91)31-36(3)4/h36-53,55-56H,17-35,71-73,75H2,1-16H3,(H2,74,90)(H2,76,91)(H,77,92)(H,78,96)(H,79,99)(H,80,100)(H,81,93)(H,82,97)(H,83,101)(H,84,104)(H,85,94)(H,86,95)(H,87,102)(H,88,103)(H,89,98)/t40-,41-,42-,43-,44-,45-,46-,47-,48-,49-,50-,51-,52-,53-,55-,56?/m0/s1. The Bertz CT molecular complexity index is 2790. The van der Waals surface area contributed by atoms with E-state index in [1.807, 2.05) is 27.7 Å². The van der Waals surface area contributed by atoms with Crippen LogP contribution in [-0.4, -0.2) is 193 Å². The quantitative estimate of drug-likeness (QED) is 0.0285. The molecule has 0 aromatic rings. The number of rotatable bonds is 53. The molecule has 0 saturated heterocycles. The van der Waals surface area contributed by atoms with Gasteiger partial charge in [0, 0.05) is 0 Å². The van der Waals surface area contributed by atoms with Crippen molar-refractivity contribution in [2.24, 2.45) is 69.9 Å². The molecule has 16 atom stereocenters. The lowest BCUT2D eigenvalue weighted by molar-refractivity contribution is -0.136. The van der Waals surface area contributed by atoms with Crippen LogP contribution in [0.1, 0.15) is 214 Å². The summed E-state index contributed by atoms with van der Waals surface area (Å²) < 4.78 is 0. The molecule has 34 heteroatoms. The average molecular weight is 1480 g/mol. The third-order valence-corrected chi connectivity index (χ3v) is 17.5. The van der Waals surface area contributed by atoms with Crippen LogP contribution >= 0.6 is 0 Å². The molecule has 0 saturated carbocycles. The fraction of sp³-hybridized carbons (Fsp3) is 0.786. The Morgan fingerprint density at radius 3 is 0.856 bits per heavy atom. The molecule has 596 valence electrons. The minimum absolute atomic E-state index is 0.00729. The van der Waals surface area contributed by atoms with E-state index in [-0.39, 0.29) is 87.6 Å². The van der Waals surface area contributed by atoms with Gasteiger partial charge in [-0.05, 0) is 166 Å². The van der Waals surface area contributed by atoms with Crippen LogP contribution in [0.3, 0.4) is 0 Å². The van der Waals surface area contributed by atoms with Crippen molar-refractivity contribution in [2.75, 3.05) is 19.6 Å². The van der Waals surface area contributed by atoms with Gasteiger partial charge in [0.05, 0.1) is 12.5 Å². The minimum atomic E-state index is -1.48. The first-order valence-electron chi connectivity index (χ1n) is 37.0. The van der Waals surface area contributed by atoms with Crippen molar-refractivity contribution in [1.29, 1.82) is 0 Å². The second-order valence-electron chi connectivity index (χ2n) is 29.1. The van der Waals surface area contributed by atoms with E-state index in [4.69, 9.17) is 34.4 Å². The minimum Gasteiger partial charge on any atom is -0.370 e. The largest absolute Gasteiger partial charge is 0.370 e. The summed E-state index contributed by atoms with van der Waals surface area (Å²) in [5, 5.41) is 34.1. The van der Waals surface area contributed by atoms with E-state index < -0.39 is 186 Å². The molecule has 104 heavy (non-hydrogen) atoms. The first kappa shape index (κ1) is 95.9. The van der Waals surface area contributed by atoms with Crippen LogP contribution < -0.4 is 104 Å². The SMILES string of the molecule is CC[C@H](C)C(NC(=O)[C@H](CCCCN)NC(=O)[C@H](CCCCN)NC(=O)[C@H](C)NC(=O)[C@H](CC(C)C)NC(=O)[C@H](C)NC(=O)[C@H](C)NC(=O)[C@H](CC(C)C)NC(=O)[C@H](C)NC(=O)[C@H](CCCCN)NC(=O)[C@H](CC(C)C)NC(=O)[C@H](CC(N)=O)NC(=O)[C@@H](N)[C@@H](C)CC)C(=O)N[C@@H](CC(C)C)C(N)=O. The third kappa shape index (κ3) is 37.5. The first-order valence-corrected chi connectivity index (χ1v) is 37.0. The Kier molecular flexibility index (Phi) is 46.4. The van der Waals surface area contributed by atoms with E-state index in [0.29, 0.717) is 57.9 Å². The smallest absolute Gasteiger partial charge is 0.243 e. The zero-order chi connectivity index (χ0) is 79.8. The van der Waals surface area contributed by atoms with Gasteiger partial charge in [0.2, 0.25) is 88.6 Å². The van der Waals surface area contributed by atoms with Gasteiger partial charge in [0.15, 0.2) is 0 Å². The second-order valence-corrected chi connectivity index (χ2v) is 29.1. The fourth-order valence-corrected chi connectivity index (χ4v) is 10.8. The van der Waals surface area contributed by atoms with E-state index in [9.17, 15) is 71.9 Å². The molecule has 25 N–H and O–H groups in total. The lowest BCUT2D eigenvalue weighted by Gasteiger charge is -2.29. The van der Waals surface area contributed by atoms with Crippen molar-refractivity contribution in [3.05, 3.63) is 0 Å². The number of hydrogen-bond acceptors (Lipinski definition) is 19. The zero-order valence-electron chi connectivity index (χ0n) is 64.6. The first-order chi connectivity index (χ1) is 48.6. The molecule has 0 aliphatic rings. The average Bonchev–Trinajstić information content (AvgIpc) is 0.861. The van der Waals surface area contributed by atoms with Gasteiger partial charge in [0.25, 0.3) is 0 Å². The maximum Gasteiger partial charge on any atom is 0.243 e. The van der Waals surface area contributed by atoms with Gasteiger partial charge in [-0.1, -0.05) is 95.9 Å². The van der Waals surface area contributed by atoms with E-state index in [1.54, 1.807) is 55.4 Å². The van der Waals surface area contributed by atoms with Gasteiger partial charge in [0.1, 0.15) is 78.5 Å². The van der Waals surface area contributed by atoms with E-state index in [0.717, 1.165) is 0 Å². The number of carbonyl (C=O) groups excluding carboxylic acids is 15. The maximum atomic E-state index is 14.2. The molecular weight excluding hydrogens is 1350 g/mol. The van der Waals surface area contributed by atoms with E-state index >= 15 is 0 Å². The van der Waals surface area contributed by atoms with Crippen LogP contribution in [0.5, 0.6) is 0 Å². The molecule has 0 aromatic heterocycles. The fourth-order valence-electron chi connectivity index (χ4n) is 10.8. The van der Waals surface area contributed by atoms with Crippen molar-refractivity contribution in [1.82, 2.24) is 69.1 Å². The molecule has 0 aliphatic heterocycles. The highest BCUT2D eigenvalue weighted by molar-refractivity contribution is 6.00. The van der Waals surface area contributed by atoms with Gasteiger partial charge in [-0.3, -0.25) is 71.9 Å². The molecule has 0 bridgehead atoms. The lowest BCUT2D eigenvalue weighted by atomic mass is 9.96. The van der Waals surface area contributed by atoms with Crippen molar-refractivity contribution in [3.63, 3.8) is 0 Å². The monoisotopic (exact) mass is 1480 g/mol. The number of carbonyl (C=O) groups is 15. The predicted molar refractivity (Wildman–Crippen MR) is 394 cm³/mol. The Labute approximate surface area is 615 Å². The predicted octanol–water partition coefficient (Wildman–Crippen LogP) is -2.28. The number of nitrogens with two attached hydrogens (primary N) is 6. The normalized spacial score (nSPS) is 16.0. The molecule has 0 aliphatic carbocycles. The van der Waals surface area contributed by atoms with Crippen molar-refractivity contribution < 1.29 is 71.9 Å². The Morgan fingerprint density at radius 1 is 0.279 bits per heavy atom. The highest BCUT2D eigenvalue weighted by atomic mass is 16.2. The second kappa shape index (κ2) is 50.4. The summed E-state index contributed by atoms with van der Waals surface area (Å²) in [6.45, 7) is 27.8. The summed E-state index contributed by atoms with van der Waals surface area (Å²) >= 11 is 0. The van der Waals surface area contributed by atoms with Crippen molar-refractivity contribution in [3.8, 4) is 0 Å². The number of primary amides is 2. The number of unbranched alkanes of at least 4 members (excludes halogenated alkanes) is 3. The van der Waals surface area contributed by atoms with Crippen molar-refractivity contribution >= 4 is 88.6 Å². The summed E-state index contributed by atoms with van der Waals surface area (Å²) in [6.07, 6.45) is 3.63. The Morgan fingerprint density at radius 2 is 0.529 bits per heavy atom. The molecule has 0 rings (SSSR count). The van der Waals surface area contributed by atoms with Gasteiger partial charge in [-0.2, -0.15) is 0 Å². The summed E-state index contributed by atoms with van der Waals surface area (Å²) in [5.41, 5.74) is 34.4. The molecule has 15 amide bonds. The Balaban J connectivity index is 6.37. The summed E-state index contributed by atoms with van der Waals surface area (Å²) in [6, 6.07) is -17.3. The number of amides is 15. The van der Waals surface area contributed by atoms with Crippen molar-refractivity contribution in [2.45, 2.75) is 298 Å². The topological polar surface area (TPSA) is 569 Å². The zero-order valence-corrected chi connectivity index (χ0v) is 64.6. The van der Waals surface area contributed by atoms with Crippen LogP contribution in [0, 0.1) is 35.5 Å². The maximum absolute atomic E-state index is 14.2. The third-order valence-electron chi connectivity index (χ3n) is 17.5. The molecule has 0 heterocycles. The summed E-state index contributed by atoms with van der Waals surface area (Å²) in [7, 11) is 0. The molecule has 0 radical (unpaired) electrons. The number of hydrogen-bond donors (Lipinski definition) is 19. The van der Waals surface area contributed by atoms with Crippen LogP contribution in [0.2, 0.25) is 0 Å². The van der Waals surface area contributed by atoms with Crippen LogP contribution in [0.25, 0.3) is 0 Å². The molecule has 34 nitrogen and oxygen atoms in total. The van der Waals surface area contributed by atoms with Gasteiger partial charge in [-0.25, -0.2) is 0 Å². The highest BCUT2D eigenvalue weighted by Gasteiger charge is 2.38. The van der Waals surface area contributed by atoms with E-state index in [2.05, 4.69) is 69.1 Å². The van der Waals surface area contributed by atoms with Gasteiger partial charge < -0.3 is 104 Å². The van der Waals surface area contributed by atoms with Crippen LogP contribution in [0.4, 0.5) is 0 Å². The molecule has 1 unspecified atom stereocenters. The van der Waals surface area contributed by atoms with Gasteiger partial charge in [-0.15, -0.1) is 0 Å². The van der Waals surface area contributed by atoms with Crippen LogP contribution in [-0.2, 0) is 71.9 Å². The van der Waals surface area contributed by atoms with Gasteiger partial charge >= 0.3 is 0 Å². The molecule has 0 spiro atoms. The van der Waals surface area contributed by atoms with Crippen LogP contribution in [0.15, 0.2) is 0 Å². The lowest BCUT2D eigenvalue weighted by Crippen LogP contribution is -2.60. The summed E-state index contributed by atoms with van der Waals surface area (Å²) in [5.74, 6) is -13.0. The van der Waals surface area contributed by atoms with E-state index in [1.165, 1.54) is 27.7 Å². The Hall–Kier alpha value is -8.11. The molecule has 0 fully saturated rings. The molecular formula is C70H131N19O15. The summed E-state index contributed by atoms with van der Waals surface area (Å²) in [4.78, 5) is 204. The highest BCUT2D eigenvalue weighted by Crippen LogP contribution is 2.16.